The van der Waals surface area contributed by atoms with E-state index in [0.717, 1.165) is 21.8 Å². The molecule has 1 N–H and O–H groups in total. The summed E-state index contributed by atoms with van der Waals surface area (Å²) in [5, 5.41) is 20.2. The van der Waals surface area contributed by atoms with Crippen molar-refractivity contribution >= 4 is 51.0 Å². The summed E-state index contributed by atoms with van der Waals surface area (Å²) >= 11 is 4.37. The molecule has 1 amide bonds. The Hall–Kier alpha value is -1.67. The Labute approximate surface area is 127 Å². The van der Waals surface area contributed by atoms with E-state index in [4.69, 9.17) is 0 Å². The number of nitrogens with zero attached hydrogens (tertiary/aromatic N) is 2. The minimum atomic E-state index is -1.27. The van der Waals surface area contributed by atoms with E-state index in [1.807, 2.05) is 24.3 Å². The standard InChI is InChI=1S/C12H10BrN3O3S/c13-8-3-1-2-7(4-8)6-14-16-12-15-11(19)9(20-12)5-10(17)18/h1-4,6,9H,5H2,(H,17,18)(H,15,16,19)/p-1/b14-6-/t9-/m1/s1. The summed E-state index contributed by atoms with van der Waals surface area (Å²) in [6.07, 6.45) is 1.20. The van der Waals surface area contributed by atoms with Gasteiger partial charge in [-0.3, -0.25) is 4.79 Å². The van der Waals surface area contributed by atoms with Crippen LogP contribution in [0.25, 0.3) is 0 Å². The summed E-state index contributed by atoms with van der Waals surface area (Å²) in [6.45, 7) is 0. The first-order valence-corrected chi connectivity index (χ1v) is 7.26. The van der Waals surface area contributed by atoms with Crippen LogP contribution < -0.4 is 10.4 Å². The van der Waals surface area contributed by atoms with Crippen molar-refractivity contribution in [2.75, 3.05) is 0 Å². The number of rotatable bonds is 4. The van der Waals surface area contributed by atoms with E-state index in [0.29, 0.717) is 0 Å². The number of aliphatic carboxylic acids is 1. The van der Waals surface area contributed by atoms with Crippen molar-refractivity contribution < 1.29 is 14.7 Å². The Balaban J connectivity index is 1.99. The fourth-order valence-corrected chi connectivity index (χ4v) is 2.80. The van der Waals surface area contributed by atoms with Gasteiger partial charge in [-0.15, -0.1) is 5.10 Å². The van der Waals surface area contributed by atoms with Gasteiger partial charge in [0.2, 0.25) is 5.91 Å². The van der Waals surface area contributed by atoms with Gasteiger partial charge < -0.3 is 15.2 Å². The number of amidine groups is 1. The molecule has 0 aliphatic carbocycles. The highest BCUT2D eigenvalue weighted by atomic mass is 79.9. The number of carbonyl (C=O) groups is 2. The average Bonchev–Trinajstić information content (AvgIpc) is 2.69. The first-order valence-electron chi connectivity index (χ1n) is 5.58. The number of hydrogen-bond acceptors (Lipinski definition) is 6. The van der Waals surface area contributed by atoms with Crippen molar-refractivity contribution in [2.24, 2.45) is 10.2 Å². The lowest BCUT2D eigenvalue weighted by atomic mass is 10.2. The van der Waals surface area contributed by atoms with Gasteiger partial charge in [-0.1, -0.05) is 39.8 Å². The molecule has 1 aromatic rings. The first-order chi connectivity index (χ1) is 9.54. The molecule has 1 atom stereocenters. The highest BCUT2D eigenvalue weighted by molar-refractivity contribution is 9.10. The third-order valence-corrected chi connectivity index (χ3v) is 3.90. The van der Waals surface area contributed by atoms with E-state index < -0.39 is 17.1 Å². The molecular formula is C12H9BrN3O3S-. The first kappa shape index (κ1) is 14.7. The summed E-state index contributed by atoms with van der Waals surface area (Å²) in [6, 6.07) is 7.47. The Morgan fingerprint density at radius 1 is 1.55 bits per heavy atom. The molecule has 8 heteroatoms. The van der Waals surface area contributed by atoms with Crippen molar-refractivity contribution in [3.05, 3.63) is 34.3 Å². The van der Waals surface area contributed by atoms with Gasteiger partial charge in [-0.2, -0.15) is 5.10 Å². The molecule has 1 heterocycles. The normalized spacial score (nSPS) is 20.6. The summed E-state index contributed by atoms with van der Waals surface area (Å²) in [5.41, 5.74) is 0.851. The van der Waals surface area contributed by atoms with Crippen molar-refractivity contribution in [2.45, 2.75) is 11.7 Å². The third-order valence-electron chi connectivity index (χ3n) is 2.33. The molecule has 0 bridgehead atoms. The van der Waals surface area contributed by atoms with E-state index in [2.05, 4.69) is 31.4 Å². The van der Waals surface area contributed by atoms with Crippen molar-refractivity contribution in [1.29, 1.82) is 0 Å². The Morgan fingerprint density at radius 3 is 3.05 bits per heavy atom. The second kappa shape index (κ2) is 6.67. The fourth-order valence-electron chi connectivity index (χ4n) is 1.47. The van der Waals surface area contributed by atoms with Crippen molar-refractivity contribution in [3.63, 3.8) is 0 Å². The quantitative estimate of drug-likeness (QED) is 0.629. The van der Waals surface area contributed by atoms with Gasteiger partial charge >= 0.3 is 0 Å². The van der Waals surface area contributed by atoms with Gasteiger partial charge in [-0.25, -0.2) is 0 Å². The number of halogens is 1. The molecule has 1 saturated heterocycles. The molecule has 0 radical (unpaired) electrons. The molecule has 104 valence electrons. The molecule has 6 nitrogen and oxygen atoms in total. The lowest BCUT2D eigenvalue weighted by Gasteiger charge is -2.04. The van der Waals surface area contributed by atoms with Crippen LogP contribution in [0.4, 0.5) is 0 Å². The summed E-state index contributed by atoms with van der Waals surface area (Å²) in [4.78, 5) is 21.9. The minimum absolute atomic E-state index is 0.285. The van der Waals surface area contributed by atoms with Gasteiger partial charge in [0.15, 0.2) is 5.17 Å². The van der Waals surface area contributed by atoms with Crippen LogP contribution in [0.5, 0.6) is 0 Å². The topological polar surface area (TPSA) is 93.9 Å². The molecule has 0 unspecified atom stereocenters. The highest BCUT2D eigenvalue weighted by Crippen LogP contribution is 2.21. The number of carbonyl (C=O) groups excluding carboxylic acids is 2. The fraction of sp³-hybridized carbons (Fsp3) is 0.167. The second-order valence-electron chi connectivity index (χ2n) is 3.88. The van der Waals surface area contributed by atoms with E-state index >= 15 is 0 Å². The van der Waals surface area contributed by atoms with Gasteiger partial charge in [-0.05, 0) is 17.7 Å². The molecule has 20 heavy (non-hydrogen) atoms. The van der Waals surface area contributed by atoms with Gasteiger partial charge in [0.05, 0.1) is 11.5 Å². The number of carboxylic acids is 1. The average molecular weight is 355 g/mol. The molecule has 1 aliphatic rings. The van der Waals surface area contributed by atoms with Gasteiger partial charge in [0.1, 0.15) is 0 Å². The maximum absolute atomic E-state index is 11.4. The molecule has 2 rings (SSSR count). The van der Waals surface area contributed by atoms with Crippen molar-refractivity contribution in [1.82, 2.24) is 5.32 Å². The van der Waals surface area contributed by atoms with Crippen LogP contribution in [-0.4, -0.2) is 28.5 Å². The van der Waals surface area contributed by atoms with Crippen LogP contribution in [0.15, 0.2) is 38.9 Å². The summed E-state index contributed by atoms with van der Waals surface area (Å²) in [7, 11) is 0. The SMILES string of the molecule is O=C([O-])C[C@H]1S/C(=N\N=C/c2cccc(Br)c2)NC1=O. The number of hydrogen-bond donors (Lipinski definition) is 1. The summed E-state index contributed by atoms with van der Waals surface area (Å²) < 4.78 is 0.923. The number of nitrogens with one attached hydrogen (secondary N) is 1. The zero-order valence-electron chi connectivity index (χ0n) is 10.1. The zero-order valence-corrected chi connectivity index (χ0v) is 12.5. The Morgan fingerprint density at radius 2 is 2.35 bits per heavy atom. The maximum atomic E-state index is 11.4. The predicted molar refractivity (Wildman–Crippen MR) is 78.3 cm³/mol. The Kier molecular flexibility index (Phi) is 4.91. The van der Waals surface area contributed by atoms with Crippen LogP contribution in [0.3, 0.4) is 0 Å². The molecule has 0 spiro atoms. The lowest BCUT2D eigenvalue weighted by molar-refractivity contribution is -0.305. The lowest BCUT2D eigenvalue weighted by Crippen LogP contribution is -2.31. The minimum Gasteiger partial charge on any atom is -0.550 e. The number of carboxylic acid groups (broad SMARTS) is 1. The highest BCUT2D eigenvalue weighted by Gasteiger charge is 2.30. The number of thioether (sulfide) groups is 1. The number of amides is 1. The van der Waals surface area contributed by atoms with Crippen LogP contribution in [-0.2, 0) is 9.59 Å². The largest absolute Gasteiger partial charge is 0.550 e. The molecular weight excluding hydrogens is 346 g/mol. The van der Waals surface area contributed by atoms with E-state index in [1.54, 1.807) is 0 Å². The van der Waals surface area contributed by atoms with E-state index in [1.165, 1.54) is 6.21 Å². The van der Waals surface area contributed by atoms with Crippen LogP contribution in [0.2, 0.25) is 0 Å². The van der Waals surface area contributed by atoms with E-state index in [-0.39, 0.29) is 11.6 Å². The van der Waals surface area contributed by atoms with Crippen LogP contribution in [0, 0.1) is 0 Å². The van der Waals surface area contributed by atoms with Gasteiger partial charge in [0, 0.05) is 16.9 Å². The van der Waals surface area contributed by atoms with E-state index in [9.17, 15) is 14.7 Å². The monoisotopic (exact) mass is 354 g/mol. The molecule has 0 aromatic heterocycles. The Bertz CT molecular complexity index is 603. The maximum Gasteiger partial charge on any atom is 0.239 e. The number of benzene rings is 1. The predicted octanol–water partition coefficient (Wildman–Crippen LogP) is 0.511. The third kappa shape index (κ3) is 4.17. The molecule has 1 fully saturated rings. The smallest absolute Gasteiger partial charge is 0.239 e. The second-order valence-corrected chi connectivity index (χ2v) is 5.98. The zero-order chi connectivity index (χ0) is 14.5. The van der Waals surface area contributed by atoms with Crippen LogP contribution >= 0.6 is 27.7 Å². The van der Waals surface area contributed by atoms with Crippen molar-refractivity contribution in [3.8, 4) is 0 Å². The molecule has 1 aliphatic heterocycles. The molecule has 0 saturated carbocycles. The summed E-state index contributed by atoms with van der Waals surface area (Å²) in [5.74, 6) is -1.66. The van der Waals surface area contributed by atoms with Crippen LogP contribution in [0.1, 0.15) is 12.0 Å². The molecule has 1 aromatic carbocycles. The van der Waals surface area contributed by atoms with Gasteiger partial charge in [0.25, 0.3) is 0 Å².